The lowest BCUT2D eigenvalue weighted by Crippen LogP contribution is -2.28. The minimum atomic E-state index is -0.769. The van der Waals surface area contributed by atoms with E-state index in [1.807, 2.05) is 0 Å². The summed E-state index contributed by atoms with van der Waals surface area (Å²) >= 11 is 0. The molecule has 0 amide bonds. The van der Waals surface area contributed by atoms with Crippen LogP contribution in [-0.2, 0) is 19.1 Å². The molecule has 5 nitrogen and oxygen atoms in total. The molecule has 1 N–H and O–H groups in total. The summed E-state index contributed by atoms with van der Waals surface area (Å²) in [5.41, 5.74) is 0. The Labute approximate surface area is 603 Å². The number of hydrogen-bond donors (Lipinski definition) is 1. The molecule has 0 radical (unpaired) electrons. The van der Waals surface area contributed by atoms with Gasteiger partial charge in [0.1, 0.15) is 6.61 Å². The van der Waals surface area contributed by atoms with Gasteiger partial charge in [-0.15, -0.1) is 0 Å². The molecule has 0 spiro atoms. The normalized spacial score (nSPS) is 12.2. The van der Waals surface area contributed by atoms with Gasteiger partial charge in [-0.3, -0.25) is 9.59 Å². The second-order valence-corrected chi connectivity index (χ2v) is 30.7. The molecule has 0 aromatic rings. The predicted octanol–water partition coefficient (Wildman–Crippen LogP) is 31.6. The molecular formula is C91H174O5. The first-order chi connectivity index (χ1) is 47.6. The molecule has 0 heterocycles. The van der Waals surface area contributed by atoms with Crippen molar-refractivity contribution in [2.45, 2.75) is 521 Å². The van der Waals surface area contributed by atoms with Gasteiger partial charge in [-0.05, 0) is 70.6 Å². The van der Waals surface area contributed by atoms with Gasteiger partial charge in [0.05, 0.1) is 6.61 Å². The van der Waals surface area contributed by atoms with Crippen LogP contribution >= 0.6 is 0 Å². The van der Waals surface area contributed by atoms with Gasteiger partial charge in [-0.25, -0.2) is 0 Å². The molecule has 0 aromatic carbocycles. The molecule has 0 saturated carbocycles. The Kier molecular flexibility index (Phi) is 85.6. The van der Waals surface area contributed by atoms with Crippen LogP contribution < -0.4 is 0 Å². The average molecular weight is 1350 g/mol. The number of aliphatic hydroxyl groups excluding tert-OH is 1. The van der Waals surface area contributed by atoms with E-state index in [1.165, 1.54) is 449 Å². The highest BCUT2D eigenvalue weighted by Gasteiger charge is 2.16. The molecule has 5 heteroatoms. The minimum absolute atomic E-state index is 0.0571. The third-order valence-electron chi connectivity index (χ3n) is 20.9. The zero-order chi connectivity index (χ0) is 69.0. The number of carbonyl (C=O) groups is 2. The van der Waals surface area contributed by atoms with Crippen molar-refractivity contribution in [1.82, 2.24) is 0 Å². The molecule has 0 rings (SSSR count). The second-order valence-electron chi connectivity index (χ2n) is 30.7. The topological polar surface area (TPSA) is 72.8 Å². The summed E-state index contributed by atoms with van der Waals surface area (Å²) in [6.07, 6.45) is 119. The lowest BCUT2D eigenvalue weighted by Gasteiger charge is -2.15. The number of rotatable bonds is 85. The van der Waals surface area contributed by atoms with Crippen LogP contribution in [0.2, 0.25) is 0 Å². The lowest BCUT2D eigenvalue weighted by molar-refractivity contribution is -0.161. The summed E-state index contributed by atoms with van der Waals surface area (Å²) in [5.74, 6) is -0.558. The molecule has 0 bridgehead atoms. The largest absolute Gasteiger partial charge is 0.462 e. The number of aliphatic hydroxyl groups is 1. The highest BCUT2D eigenvalue weighted by Crippen LogP contribution is 2.21. The van der Waals surface area contributed by atoms with Gasteiger partial charge < -0.3 is 14.6 Å². The fourth-order valence-corrected chi connectivity index (χ4v) is 14.2. The SMILES string of the molecule is CCCCCCC/C=C\C/C=C\CCCCCCCCCCCCCCCCCCCCCCCCCCCCCCCC(=O)OC(CO)COC(=O)CCCCCCCCCCCCCCCCCCCCCCCCCCCCCCC/C=C\CCCCCCCCCC. The molecular weight excluding hydrogens is 1170 g/mol. The summed E-state index contributed by atoms with van der Waals surface area (Å²) < 4.78 is 10.8. The van der Waals surface area contributed by atoms with Crippen molar-refractivity contribution in [2.75, 3.05) is 13.2 Å². The molecule has 1 unspecified atom stereocenters. The predicted molar refractivity (Wildman–Crippen MR) is 427 cm³/mol. The summed E-state index contributed by atoms with van der Waals surface area (Å²) in [7, 11) is 0. The van der Waals surface area contributed by atoms with Crippen LogP contribution in [0.1, 0.15) is 515 Å². The van der Waals surface area contributed by atoms with Crippen LogP contribution in [0.3, 0.4) is 0 Å². The Balaban J connectivity index is 3.33. The summed E-state index contributed by atoms with van der Waals surface area (Å²) in [6.45, 7) is 4.21. The smallest absolute Gasteiger partial charge is 0.306 e. The summed E-state index contributed by atoms with van der Waals surface area (Å²) in [4.78, 5) is 24.8. The van der Waals surface area contributed by atoms with E-state index < -0.39 is 6.10 Å². The number of carbonyl (C=O) groups excluding carboxylic acids is 2. The maximum atomic E-state index is 12.4. The van der Waals surface area contributed by atoms with E-state index in [-0.39, 0.29) is 25.2 Å². The van der Waals surface area contributed by atoms with E-state index in [2.05, 4.69) is 50.3 Å². The fraction of sp³-hybridized carbons (Fsp3) is 0.912. The van der Waals surface area contributed by atoms with E-state index in [9.17, 15) is 14.7 Å². The van der Waals surface area contributed by atoms with Crippen molar-refractivity contribution >= 4 is 11.9 Å². The number of ether oxygens (including phenoxy) is 2. The Hall–Kier alpha value is -1.88. The highest BCUT2D eigenvalue weighted by atomic mass is 16.6. The zero-order valence-electron chi connectivity index (χ0n) is 65.7. The second kappa shape index (κ2) is 87.3. The first-order valence-corrected chi connectivity index (χ1v) is 44.5. The van der Waals surface area contributed by atoms with Crippen LogP contribution in [0.15, 0.2) is 36.5 Å². The van der Waals surface area contributed by atoms with Crippen LogP contribution in [-0.4, -0.2) is 36.4 Å². The van der Waals surface area contributed by atoms with E-state index >= 15 is 0 Å². The Morgan fingerprint density at radius 3 is 0.625 bits per heavy atom. The third-order valence-corrected chi connectivity index (χ3v) is 20.9. The van der Waals surface area contributed by atoms with Crippen molar-refractivity contribution in [3.8, 4) is 0 Å². The molecule has 568 valence electrons. The van der Waals surface area contributed by atoms with Gasteiger partial charge in [-0.1, -0.05) is 468 Å². The number of hydrogen-bond acceptors (Lipinski definition) is 5. The molecule has 0 saturated heterocycles. The van der Waals surface area contributed by atoms with Crippen molar-refractivity contribution in [2.24, 2.45) is 0 Å². The highest BCUT2D eigenvalue weighted by molar-refractivity contribution is 5.70. The van der Waals surface area contributed by atoms with E-state index in [4.69, 9.17) is 9.47 Å². The van der Waals surface area contributed by atoms with Gasteiger partial charge in [0.25, 0.3) is 0 Å². The number of esters is 2. The van der Waals surface area contributed by atoms with Crippen molar-refractivity contribution in [1.29, 1.82) is 0 Å². The van der Waals surface area contributed by atoms with Crippen molar-refractivity contribution in [3.05, 3.63) is 36.5 Å². The van der Waals surface area contributed by atoms with Gasteiger partial charge in [0, 0.05) is 12.8 Å². The Morgan fingerprint density at radius 1 is 0.240 bits per heavy atom. The summed E-state index contributed by atoms with van der Waals surface area (Å²) in [5, 5.41) is 9.75. The molecule has 0 aromatic heterocycles. The zero-order valence-corrected chi connectivity index (χ0v) is 65.7. The summed E-state index contributed by atoms with van der Waals surface area (Å²) in [6, 6.07) is 0. The Bertz CT molecular complexity index is 1530. The van der Waals surface area contributed by atoms with Crippen LogP contribution in [0.25, 0.3) is 0 Å². The number of allylic oxidation sites excluding steroid dienone is 6. The maximum Gasteiger partial charge on any atom is 0.306 e. The minimum Gasteiger partial charge on any atom is -0.462 e. The molecule has 0 fully saturated rings. The number of unbranched alkanes of at least 4 members (excludes halogenated alkanes) is 71. The van der Waals surface area contributed by atoms with Gasteiger partial charge >= 0.3 is 11.9 Å². The molecule has 1 atom stereocenters. The monoisotopic (exact) mass is 1350 g/mol. The molecule has 0 aliphatic rings. The molecule has 0 aliphatic heterocycles. The first-order valence-electron chi connectivity index (χ1n) is 44.5. The molecule has 96 heavy (non-hydrogen) atoms. The fourth-order valence-electron chi connectivity index (χ4n) is 14.2. The molecule has 0 aliphatic carbocycles. The van der Waals surface area contributed by atoms with Crippen LogP contribution in [0.4, 0.5) is 0 Å². The van der Waals surface area contributed by atoms with Crippen molar-refractivity contribution in [3.63, 3.8) is 0 Å². The Morgan fingerprint density at radius 2 is 0.417 bits per heavy atom. The van der Waals surface area contributed by atoms with Crippen molar-refractivity contribution < 1.29 is 24.2 Å². The van der Waals surface area contributed by atoms with Gasteiger partial charge in [-0.2, -0.15) is 0 Å². The van der Waals surface area contributed by atoms with E-state index in [0.29, 0.717) is 12.8 Å². The quantitative estimate of drug-likeness (QED) is 0.0373. The van der Waals surface area contributed by atoms with Gasteiger partial charge in [0.2, 0.25) is 0 Å². The standard InChI is InChI=1S/C91H174O5/c1-3-5-7-9-11-13-15-17-19-21-23-25-27-29-31-33-35-37-39-41-43-45-47-49-51-53-55-57-59-61-63-65-67-69-71-73-75-77-79-81-83-85-90(93)95-88-89(87-92)96-91(94)86-84-82-80-78-76-74-72-70-68-66-64-62-60-58-56-54-52-50-48-46-44-42-40-38-36-34-32-30-28-26-24-22-20-18-16-14-12-10-8-6-4-2/h16,18,21-24,89,92H,3-15,17,19-20,25-88H2,1-2H3/b18-16-,23-21-,24-22-. The lowest BCUT2D eigenvalue weighted by atomic mass is 10.0. The average Bonchev–Trinajstić information content (AvgIpc) is 3.79. The van der Waals surface area contributed by atoms with Crippen LogP contribution in [0, 0.1) is 0 Å². The first kappa shape index (κ1) is 94.1. The van der Waals surface area contributed by atoms with Crippen LogP contribution in [0.5, 0.6) is 0 Å². The third kappa shape index (κ3) is 84.5. The van der Waals surface area contributed by atoms with Gasteiger partial charge in [0.15, 0.2) is 6.10 Å². The van der Waals surface area contributed by atoms with E-state index in [0.717, 1.165) is 38.5 Å². The maximum absolute atomic E-state index is 12.4. The van der Waals surface area contributed by atoms with E-state index in [1.54, 1.807) is 0 Å².